The number of nitrogens with two attached hydrogens (primary N) is 1. The second-order valence-electron chi connectivity index (χ2n) is 4.47. The van der Waals surface area contributed by atoms with E-state index in [1.807, 2.05) is 6.07 Å². The summed E-state index contributed by atoms with van der Waals surface area (Å²) in [5, 5.41) is 10.6. The Labute approximate surface area is 94.6 Å². The predicted molar refractivity (Wildman–Crippen MR) is 62.1 cm³/mol. The Morgan fingerprint density at radius 1 is 1.50 bits per heavy atom. The third-order valence-corrected chi connectivity index (χ3v) is 3.12. The summed E-state index contributed by atoms with van der Waals surface area (Å²) in [7, 11) is 0. The average molecular weight is 220 g/mol. The zero-order valence-corrected chi connectivity index (χ0v) is 9.13. The van der Waals surface area contributed by atoms with Crippen molar-refractivity contribution in [1.82, 2.24) is 0 Å². The van der Waals surface area contributed by atoms with E-state index in [0.29, 0.717) is 5.92 Å². The van der Waals surface area contributed by atoms with Crippen molar-refractivity contribution in [2.75, 3.05) is 0 Å². The molecule has 1 fully saturated rings. The smallest absolute Gasteiger partial charge is 0.269 e. The van der Waals surface area contributed by atoms with Gasteiger partial charge in [0.15, 0.2) is 0 Å². The summed E-state index contributed by atoms with van der Waals surface area (Å²) in [5.41, 5.74) is 7.16. The molecule has 1 aromatic rings. The second kappa shape index (κ2) is 4.61. The molecule has 0 bridgehead atoms. The van der Waals surface area contributed by atoms with Gasteiger partial charge in [0, 0.05) is 18.2 Å². The van der Waals surface area contributed by atoms with E-state index < -0.39 is 0 Å². The van der Waals surface area contributed by atoms with Gasteiger partial charge in [-0.25, -0.2) is 0 Å². The molecule has 0 spiro atoms. The molecule has 0 heterocycles. The summed E-state index contributed by atoms with van der Waals surface area (Å²) in [6.45, 7) is 0. The van der Waals surface area contributed by atoms with Crippen molar-refractivity contribution in [2.24, 2.45) is 11.7 Å². The fraction of sp³-hybridized carbons (Fsp3) is 0.500. The standard InChI is InChI=1S/C12H16N2O2/c13-12(10-5-6-10)7-4-9-2-1-3-11(8-9)14(15)16/h1-3,8,10,12H,4-7,13H2. The van der Waals surface area contributed by atoms with Crippen LogP contribution in [0.5, 0.6) is 0 Å². The van der Waals surface area contributed by atoms with Crippen LogP contribution in [-0.2, 0) is 6.42 Å². The molecule has 0 aromatic heterocycles. The highest BCUT2D eigenvalue weighted by Gasteiger charge is 2.27. The predicted octanol–water partition coefficient (Wildman–Crippen LogP) is 2.26. The molecule has 4 nitrogen and oxygen atoms in total. The van der Waals surface area contributed by atoms with Crippen LogP contribution in [0.3, 0.4) is 0 Å². The quantitative estimate of drug-likeness (QED) is 0.611. The molecule has 1 aliphatic rings. The second-order valence-corrected chi connectivity index (χ2v) is 4.47. The van der Waals surface area contributed by atoms with Crippen LogP contribution in [0.1, 0.15) is 24.8 Å². The van der Waals surface area contributed by atoms with Crippen molar-refractivity contribution < 1.29 is 4.92 Å². The highest BCUT2D eigenvalue weighted by atomic mass is 16.6. The minimum atomic E-state index is -0.357. The summed E-state index contributed by atoms with van der Waals surface area (Å²) >= 11 is 0. The summed E-state index contributed by atoms with van der Waals surface area (Å²) in [6.07, 6.45) is 4.25. The van der Waals surface area contributed by atoms with Crippen LogP contribution in [0.2, 0.25) is 0 Å². The van der Waals surface area contributed by atoms with Crippen molar-refractivity contribution >= 4 is 5.69 Å². The van der Waals surface area contributed by atoms with Crippen molar-refractivity contribution in [3.63, 3.8) is 0 Å². The number of nitrogens with zero attached hydrogens (tertiary/aromatic N) is 1. The van der Waals surface area contributed by atoms with Gasteiger partial charge in [0.1, 0.15) is 0 Å². The third kappa shape index (κ3) is 2.79. The summed E-state index contributed by atoms with van der Waals surface area (Å²) in [5.74, 6) is 0.693. The maximum atomic E-state index is 10.6. The maximum Gasteiger partial charge on any atom is 0.269 e. The van der Waals surface area contributed by atoms with Gasteiger partial charge in [-0.2, -0.15) is 0 Å². The Morgan fingerprint density at radius 2 is 2.25 bits per heavy atom. The highest BCUT2D eigenvalue weighted by Crippen LogP contribution is 2.33. The Morgan fingerprint density at radius 3 is 2.88 bits per heavy atom. The number of rotatable bonds is 5. The van der Waals surface area contributed by atoms with Crippen LogP contribution in [0.4, 0.5) is 5.69 Å². The van der Waals surface area contributed by atoms with E-state index in [9.17, 15) is 10.1 Å². The number of nitro groups is 1. The lowest BCUT2D eigenvalue weighted by atomic mass is 10.0. The molecule has 0 amide bonds. The number of benzene rings is 1. The van der Waals surface area contributed by atoms with Crippen LogP contribution >= 0.6 is 0 Å². The summed E-state index contributed by atoms with van der Waals surface area (Å²) in [6, 6.07) is 7.08. The van der Waals surface area contributed by atoms with Gasteiger partial charge in [-0.15, -0.1) is 0 Å². The largest absolute Gasteiger partial charge is 0.327 e. The molecule has 16 heavy (non-hydrogen) atoms. The van der Waals surface area contributed by atoms with Gasteiger partial charge in [-0.1, -0.05) is 12.1 Å². The Hall–Kier alpha value is -1.42. The number of hydrogen-bond donors (Lipinski definition) is 1. The molecule has 0 aliphatic heterocycles. The first-order chi connectivity index (χ1) is 7.66. The van der Waals surface area contributed by atoms with Crippen molar-refractivity contribution in [3.05, 3.63) is 39.9 Å². The zero-order valence-electron chi connectivity index (χ0n) is 9.13. The van der Waals surface area contributed by atoms with E-state index in [4.69, 9.17) is 5.73 Å². The van der Waals surface area contributed by atoms with Crippen LogP contribution < -0.4 is 5.73 Å². The van der Waals surface area contributed by atoms with Gasteiger partial charge >= 0.3 is 0 Å². The third-order valence-electron chi connectivity index (χ3n) is 3.12. The molecule has 2 N–H and O–H groups in total. The number of nitro benzene ring substituents is 1. The number of non-ortho nitro benzene ring substituents is 1. The molecule has 1 unspecified atom stereocenters. The molecule has 1 aliphatic carbocycles. The molecule has 0 saturated heterocycles. The van der Waals surface area contributed by atoms with Gasteiger partial charge < -0.3 is 5.73 Å². The van der Waals surface area contributed by atoms with E-state index in [-0.39, 0.29) is 16.7 Å². The molecule has 2 rings (SSSR count). The maximum absolute atomic E-state index is 10.6. The zero-order chi connectivity index (χ0) is 11.5. The molecule has 0 radical (unpaired) electrons. The van der Waals surface area contributed by atoms with Gasteiger partial charge in [0.25, 0.3) is 5.69 Å². The Balaban J connectivity index is 1.92. The molecule has 4 heteroatoms. The fourth-order valence-corrected chi connectivity index (χ4v) is 1.92. The Kier molecular flexibility index (Phi) is 3.19. The van der Waals surface area contributed by atoms with Crippen LogP contribution in [-0.4, -0.2) is 11.0 Å². The molecule has 86 valence electrons. The lowest BCUT2D eigenvalue weighted by Gasteiger charge is -2.09. The van der Waals surface area contributed by atoms with Gasteiger partial charge in [-0.05, 0) is 37.2 Å². The van der Waals surface area contributed by atoms with E-state index in [0.717, 1.165) is 18.4 Å². The lowest BCUT2D eigenvalue weighted by molar-refractivity contribution is -0.384. The molecular formula is C12H16N2O2. The number of aryl methyl sites for hydroxylation is 1. The SMILES string of the molecule is NC(CCc1cccc([N+](=O)[O-])c1)C1CC1. The first kappa shape index (κ1) is 11.1. The molecule has 1 aromatic carbocycles. The van der Waals surface area contributed by atoms with Crippen LogP contribution in [0.15, 0.2) is 24.3 Å². The molecule has 1 atom stereocenters. The van der Waals surface area contributed by atoms with Crippen molar-refractivity contribution in [3.8, 4) is 0 Å². The van der Waals surface area contributed by atoms with E-state index in [1.165, 1.54) is 18.9 Å². The van der Waals surface area contributed by atoms with E-state index >= 15 is 0 Å². The lowest BCUT2D eigenvalue weighted by Crippen LogP contribution is -2.22. The van der Waals surface area contributed by atoms with E-state index in [2.05, 4.69) is 0 Å². The average Bonchev–Trinajstić information content (AvgIpc) is 3.10. The fourth-order valence-electron chi connectivity index (χ4n) is 1.92. The first-order valence-electron chi connectivity index (χ1n) is 5.66. The van der Waals surface area contributed by atoms with Crippen molar-refractivity contribution in [1.29, 1.82) is 0 Å². The number of hydrogen-bond acceptors (Lipinski definition) is 3. The van der Waals surface area contributed by atoms with Crippen molar-refractivity contribution in [2.45, 2.75) is 31.7 Å². The normalized spacial score (nSPS) is 17.1. The minimum Gasteiger partial charge on any atom is -0.327 e. The van der Waals surface area contributed by atoms with Crippen LogP contribution in [0.25, 0.3) is 0 Å². The first-order valence-corrected chi connectivity index (χ1v) is 5.66. The summed E-state index contributed by atoms with van der Waals surface area (Å²) in [4.78, 5) is 10.2. The van der Waals surface area contributed by atoms with E-state index in [1.54, 1.807) is 12.1 Å². The Bertz CT molecular complexity index is 388. The van der Waals surface area contributed by atoms with Gasteiger partial charge in [0.2, 0.25) is 0 Å². The minimum absolute atomic E-state index is 0.164. The highest BCUT2D eigenvalue weighted by molar-refractivity contribution is 5.34. The van der Waals surface area contributed by atoms with Crippen LogP contribution in [0, 0.1) is 16.0 Å². The monoisotopic (exact) mass is 220 g/mol. The summed E-state index contributed by atoms with van der Waals surface area (Å²) < 4.78 is 0. The topological polar surface area (TPSA) is 69.2 Å². The van der Waals surface area contributed by atoms with Gasteiger partial charge in [0.05, 0.1) is 4.92 Å². The van der Waals surface area contributed by atoms with Gasteiger partial charge in [-0.3, -0.25) is 10.1 Å². The molecule has 1 saturated carbocycles. The molecular weight excluding hydrogens is 204 g/mol.